The first-order valence-corrected chi connectivity index (χ1v) is 9.79. The van der Waals surface area contributed by atoms with Crippen LogP contribution in [0.1, 0.15) is 45.6 Å². The van der Waals surface area contributed by atoms with Crippen LogP contribution in [-0.2, 0) is 20.8 Å². The molecule has 0 fully saturated rings. The molecule has 27 heavy (non-hydrogen) atoms. The number of thiol groups is 1. The van der Waals surface area contributed by atoms with Gasteiger partial charge in [-0.1, -0.05) is 51.1 Å². The minimum Gasteiger partial charge on any atom is -0.480 e. The predicted molar refractivity (Wildman–Crippen MR) is 109 cm³/mol. The predicted octanol–water partition coefficient (Wildman–Crippen LogP) is 2.43. The van der Waals surface area contributed by atoms with Crippen molar-refractivity contribution in [2.75, 3.05) is 0 Å². The molecule has 3 N–H and O–H groups in total. The van der Waals surface area contributed by atoms with E-state index in [9.17, 15) is 19.5 Å². The fourth-order valence-electron chi connectivity index (χ4n) is 2.64. The normalized spacial score (nSPS) is 14.3. The van der Waals surface area contributed by atoms with E-state index in [1.807, 2.05) is 51.1 Å². The van der Waals surface area contributed by atoms with E-state index in [-0.39, 0.29) is 29.9 Å². The number of carbonyl (C=O) groups is 3. The molecule has 1 aromatic carbocycles. The molecule has 0 spiro atoms. The SMILES string of the molecule is CCC(S)CC(=O)NC(CC(C)C)C(=O)N[C@@H](Cc1ccccc1)C(=O)O. The van der Waals surface area contributed by atoms with Crippen molar-refractivity contribution in [1.29, 1.82) is 0 Å². The van der Waals surface area contributed by atoms with Gasteiger partial charge in [0, 0.05) is 18.1 Å². The molecule has 6 nitrogen and oxygen atoms in total. The van der Waals surface area contributed by atoms with E-state index in [1.54, 1.807) is 0 Å². The minimum absolute atomic E-state index is 0.0717. The number of nitrogens with one attached hydrogen (secondary N) is 2. The molecule has 0 saturated carbocycles. The molecule has 150 valence electrons. The molecule has 2 unspecified atom stereocenters. The van der Waals surface area contributed by atoms with Gasteiger partial charge in [-0.3, -0.25) is 9.59 Å². The van der Waals surface area contributed by atoms with Gasteiger partial charge in [0.2, 0.25) is 11.8 Å². The van der Waals surface area contributed by atoms with Crippen molar-refractivity contribution >= 4 is 30.4 Å². The number of aliphatic carboxylic acids is 1. The fourth-order valence-corrected chi connectivity index (χ4v) is 2.80. The highest BCUT2D eigenvalue weighted by atomic mass is 32.1. The summed E-state index contributed by atoms with van der Waals surface area (Å²) in [6.07, 6.45) is 1.57. The van der Waals surface area contributed by atoms with Crippen molar-refractivity contribution < 1.29 is 19.5 Å². The topological polar surface area (TPSA) is 95.5 Å². The van der Waals surface area contributed by atoms with Gasteiger partial charge in [0.15, 0.2) is 0 Å². The van der Waals surface area contributed by atoms with Crippen LogP contribution >= 0.6 is 12.6 Å². The third-order valence-electron chi connectivity index (χ3n) is 4.15. The molecule has 0 aliphatic heterocycles. The van der Waals surface area contributed by atoms with Crippen molar-refractivity contribution in [3.8, 4) is 0 Å². The van der Waals surface area contributed by atoms with Crippen LogP contribution in [-0.4, -0.2) is 40.2 Å². The largest absolute Gasteiger partial charge is 0.480 e. The van der Waals surface area contributed by atoms with Crippen LogP contribution in [0.15, 0.2) is 30.3 Å². The van der Waals surface area contributed by atoms with Crippen LogP contribution in [0.25, 0.3) is 0 Å². The lowest BCUT2D eigenvalue weighted by Gasteiger charge is -2.23. The summed E-state index contributed by atoms with van der Waals surface area (Å²) in [5.74, 6) is -1.68. The first-order chi connectivity index (χ1) is 12.7. The van der Waals surface area contributed by atoms with Gasteiger partial charge < -0.3 is 15.7 Å². The van der Waals surface area contributed by atoms with E-state index in [1.165, 1.54) is 0 Å². The van der Waals surface area contributed by atoms with E-state index in [0.717, 1.165) is 12.0 Å². The Labute approximate surface area is 166 Å². The molecule has 7 heteroatoms. The first-order valence-electron chi connectivity index (χ1n) is 9.27. The highest BCUT2D eigenvalue weighted by Gasteiger charge is 2.27. The Morgan fingerprint density at radius 2 is 1.70 bits per heavy atom. The smallest absolute Gasteiger partial charge is 0.326 e. The van der Waals surface area contributed by atoms with Gasteiger partial charge in [-0.05, 0) is 24.3 Å². The summed E-state index contributed by atoms with van der Waals surface area (Å²) in [4.78, 5) is 36.4. The van der Waals surface area contributed by atoms with Gasteiger partial charge >= 0.3 is 5.97 Å². The number of carboxylic acid groups (broad SMARTS) is 1. The van der Waals surface area contributed by atoms with Gasteiger partial charge in [0.05, 0.1) is 0 Å². The summed E-state index contributed by atoms with van der Waals surface area (Å²) < 4.78 is 0. The molecule has 3 atom stereocenters. The number of carbonyl (C=O) groups excluding carboxylic acids is 2. The number of rotatable bonds is 11. The Bertz CT molecular complexity index is 622. The Kier molecular flexibility index (Phi) is 9.93. The van der Waals surface area contributed by atoms with Gasteiger partial charge in [0.25, 0.3) is 0 Å². The zero-order chi connectivity index (χ0) is 20.4. The van der Waals surface area contributed by atoms with E-state index in [4.69, 9.17) is 0 Å². The molecule has 0 aliphatic rings. The molecule has 2 amide bonds. The van der Waals surface area contributed by atoms with Crippen molar-refractivity contribution in [2.45, 2.75) is 63.8 Å². The Morgan fingerprint density at radius 1 is 1.07 bits per heavy atom. The second kappa shape index (κ2) is 11.6. The standard InChI is InChI=1S/C20H30N2O4S/c1-4-15(27)12-18(23)21-16(10-13(2)3)19(24)22-17(20(25)26)11-14-8-6-5-7-9-14/h5-9,13,15-17,27H,4,10-12H2,1-3H3,(H,21,23)(H,22,24)(H,25,26)/t15?,16?,17-/m0/s1. The van der Waals surface area contributed by atoms with Gasteiger partial charge in [-0.2, -0.15) is 12.6 Å². The summed E-state index contributed by atoms with van der Waals surface area (Å²) in [6, 6.07) is 7.28. The second-order valence-corrected chi connectivity index (χ2v) is 7.84. The summed E-state index contributed by atoms with van der Waals surface area (Å²) in [6.45, 7) is 5.82. The monoisotopic (exact) mass is 394 g/mol. The van der Waals surface area contributed by atoms with E-state index >= 15 is 0 Å². The van der Waals surface area contributed by atoms with Gasteiger partial charge in [-0.15, -0.1) is 0 Å². The molecule has 1 rings (SSSR count). The highest BCUT2D eigenvalue weighted by molar-refractivity contribution is 7.81. The molecule has 1 aromatic rings. The molecule has 0 heterocycles. The quantitative estimate of drug-likeness (QED) is 0.434. The van der Waals surface area contributed by atoms with Crippen LogP contribution in [0.5, 0.6) is 0 Å². The van der Waals surface area contributed by atoms with Crippen molar-refractivity contribution in [3.63, 3.8) is 0 Å². The number of amides is 2. The summed E-state index contributed by atoms with van der Waals surface area (Å²) >= 11 is 4.31. The number of hydrogen-bond acceptors (Lipinski definition) is 4. The Balaban J connectivity index is 2.79. The number of hydrogen-bond donors (Lipinski definition) is 4. The number of benzene rings is 1. The van der Waals surface area contributed by atoms with Crippen LogP contribution in [0.3, 0.4) is 0 Å². The zero-order valence-electron chi connectivity index (χ0n) is 16.1. The molecule has 0 aromatic heterocycles. The minimum atomic E-state index is -1.11. The summed E-state index contributed by atoms with van der Waals surface area (Å²) in [7, 11) is 0. The Morgan fingerprint density at radius 3 is 2.22 bits per heavy atom. The number of carboxylic acids is 1. The maximum absolute atomic E-state index is 12.7. The van der Waals surface area contributed by atoms with Crippen molar-refractivity contribution in [1.82, 2.24) is 10.6 Å². The van der Waals surface area contributed by atoms with Crippen LogP contribution in [0.4, 0.5) is 0 Å². The third-order valence-corrected chi connectivity index (χ3v) is 4.70. The lowest BCUT2D eigenvalue weighted by Crippen LogP contribution is -2.52. The maximum atomic E-state index is 12.7. The average molecular weight is 395 g/mol. The molecule has 0 saturated heterocycles. The van der Waals surface area contributed by atoms with E-state index < -0.39 is 24.0 Å². The van der Waals surface area contributed by atoms with Gasteiger partial charge in [-0.25, -0.2) is 4.79 Å². The average Bonchev–Trinajstić information content (AvgIpc) is 2.60. The summed E-state index contributed by atoms with van der Waals surface area (Å²) in [5, 5.41) is 14.7. The van der Waals surface area contributed by atoms with Crippen molar-refractivity contribution in [3.05, 3.63) is 35.9 Å². The van der Waals surface area contributed by atoms with Crippen LogP contribution in [0.2, 0.25) is 0 Å². The third kappa shape index (κ3) is 8.95. The molecule has 0 aliphatic carbocycles. The summed E-state index contributed by atoms with van der Waals surface area (Å²) in [5.41, 5.74) is 0.815. The second-order valence-electron chi connectivity index (χ2n) is 7.10. The maximum Gasteiger partial charge on any atom is 0.326 e. The lowest BCUT2D eigenvalue weighted by molar-refractivity contribution is -0.142. The van der Waals surface area contributed by atoms with Crippen LogP contribution in [0, 0.1) is 5.92 Å². The van der Waals surface area contributed by atoms with E-state index in [0.29, 0.717) is 6.42 Å². The molecular formula is C20H30N2O4S. The first kappa shape index (κ1) is 23.0. The fraction of sp³-hybridized carbons (Fsp3) is 0.550. The molecule has 0 radical (unpaired) electrons. The Hall–Kier alpha value is -2.02. The van der Waals surface area contributed by atoms with Crippen LogP contribution < -0.4 is 10.6 Å². The molecular weight excluding hydrogens is 364 g/mol. The van der Waals surface area contributed by atoms with Gasteiger partial charge in [0.1, 0.15) is 12.1 Å². The zero-order valence-corrected chi connectivity index (χ0v) is 17.0. The lowest BCUT2D eigenvalue weighted by atomic mass is 10.0. The van der Waals surface area contributed by atoms with E-state index in [2.05, 4.69) is 23.3 Å². The van der Waals surface area contributed by atoms with Crippen molar-refractivity contribution in [2.24, 2.45) is 5.92 Å². The molecule has 0 bridgehead atoms. The highest BCUT2D eigenvalue weighted by Crippen LogP contribution is 2.10.